The molecule has 9 atom stereocenters. The van der Waals surface area contributed by atoms with Gasteiger partial charge in [-0.05, 0) is 49.0 Å². The molecule has 7 amide bonds. The Morgan fingerprint density at radius 2 is 1.42 bits per heavy atom. The molecule has 1 aromatic carbocycles. The Bertz CT molecular complexity index is 1630. The van der Waals surface area contributed by atoms with Crippen LogP contribution in [0.3, 0.4) is 0 Å². The lowest BCUT2D eigenvalue weighted by atomic mass is 9.96. The first-order valence-electron chi connectivity index (χ1n) is 20.5. The predicted molar refractivity (Wildman–Crippen MR) is 220 cm³/mol. The molecule has 1 aromatic rings. The fourth-order valence-electron chi connectivity index (χ4n) is 6.92. The summed E-state index contributed by atoms with van der Waals surface area (Å²) < 4.78 is 4.87. The zero-order valence-corrected chi connectivity index (χ0v) is 36.0. The second kappa shape index (κ2) is 24.8. The number of likely N-dealkylation sites (tertiary alicyclic amines) is 1. The number of nitrogens with zero attached hydrogens (tertiary/aromatic N) is 1. The molecule has 10 N–H and O–H groups in total. The number of aliphatic hydroxyl groups excluding tert-OH is 2. The minimum Gasteiger partial charge on any atom is -0.467 e. The lowest BCUT2D eigenvalue weighted by Crippen LogP contribution is -2.62. The zero-order valence-electron chi connectivity index (χ0n) is 36.0. The highest BCUT2D eigenvalue weighted by molar-refractivity contribution is 5.96. The fraction of sp³-hybridized carbons (Fsp3) is 0.659. The van der Waals surface area contributed by atoms with E-state index in [-0.39, 0.29) is 37.1 Å². The number of hydrogen-bond donors (Lipinski definition) is 9. The normalized spacial score (nSPS) is 18.1. The van der Waals surface area contributed by atoms with Crippen LogP contribution in [0.1, 0.15) is 86.1 Å². The molecule has 0 radical (unpaired) electrons. The highest BCUT2D eigenvalue weighted by Crippen LogP contribution is 2.24. The van der Waals surface area contributed by atoms with Crippen LogP contribution < -0.4 is 37.6 Å². The Morgan fingerprint density at radius 1 is 0.817 bits per heavy atom. The number of primary amides is 1. The molecule has 0 aromatic heterocycles. The van der Waals surface area contributed by atoms with Crippen LogP contribution in [0.2, 0.25) is 0 Å². The van der Waals surface area contributed by atoms with Crippen molar-refractivity contribution in [2.75, 3.05) is 20.3 Å². The van der Waals surface area contributed by atoms with Crippen molar-refractivity contribution in [3.8, 4) is 0 Å². The van der Waals surface area contributed by atoms with Gasteiger partial charge in [-0.1, -0.05) is 78.3 Å². The van der Waals surface area contributed by atoms with E-state index < -0.39 is 109 Å². The fourth-order valence-corrected chi connectivity index (χ4v) is 6.92. The van der Waals surface area contributed by atoms with E-state index in [9.17, 15) is 48.6 Å². The number of aliphatic hydroxyl groups is 2. The molecular weight excluding hydrogens is 780 g/mol. The van der Waals surface area contributed by atoms with Crippen molar-refractivity contribution >= 4 is 47.3 Å². The molecule has 0 bridgehead atoms. The lowest BCUT2D eigenvalue weighted by Gasteiger charge is -2.36. The third-order valence-corrected chi connectivity index (χ3v) is 10.4. The third-order valence-electron chi connectivity index (χ3n) is 10.4. The van der Waals surface area contributed by atoms with Crippen LogP contribution in [0.15, 0.2) is 30.3 Å². The van der Waals surface area contributed by atoms with Crippen molar-refractivity contribution in [3.05, 3.63) is 35.9 Å². The summed E-state index contributed by atoms with van der Waals surface area (Å²) in [4.78, 5) is 106. The molecule has 19 heteroatoms. The van der Waals surface area contributed by atoms with E-state index in [0.717, 1.165) is 6.92 Å². The van der Waals surface area contributed by atoms with E-state index in [1.165, 1.54) is 12.0 Å². The number of methoxy groups -OCH3 is 1. The lowest BCUT2D eigenvalue weighted by molar-refractivity contribution is -0.147. The van der Waals surface area contributed by atoms with E-state index in [1.807, 2.05) is 6.92 Å². The maximum atomic E-state index is 14.0. The van der Waals surface area contributed by atoms with E-state index in [1.54, 1.807) is 65.0 Å². The largest absolute Gasteiger partial charge is 0.467 e. The number of nitrogens with two attached hydrogens (primary N) is 1. The first kappa shape index (κ1) is 51.0. The molecule has 2 rings (SSSR count). The SMILES string of the molecule is CC[C@H](C)[C@H](NC(=O)[C@@H]1CCCN1[C@@H](O)[C@H](Cc1ccccc1)NC(=O)[C@H](CC(N)=O)NC(=O)[C@H](CC(C)C)NC(=O)[C@H](CO)NC(C)=O)C(=O)N[C@H](C(=O)OC)C(C)C. The molecule has 19 nitrogen and oxygen atoms in total. The van der Waals surface area contributed by atoms with E-state index in [0.29, 0.717) is 24.8 Å². The van der Waals surface area contributed by atoms with E-state index in [2.05, 4.69) is 31.9 Å². The summed E-state index contributed by atoms with van der Waals surface area (Å²) >= 11 is 0. The van der Waals surface area contributed by atoms with Gasteiger partial charge < -0.3 is 52.6 Å². The average Bonchev–Trinajstić information content (AvgIpc) is 3.69. The number of carbonyl (C=O) groups excluding carboxylic acids is 8. The van der Waals surface area contributed by atoms with Gasteiger partial charge in [-0.3, -0.25) is 38.5 Å². The van der Waals surface area contributed by atoms with Gasteiger partial charge in [-0.25, -0.2) is 4.79 Å². The maximum Gasteiger partial charge on any atom is 0.328 e. The monoisotopic (exact) mass is 846 g/mol. The Kier molecular flexibility index (Phi) is 21.1. The third kappa shape index (κ3) is 15.8. The molecule has 1 aliphatic rings. The Morgan fingerprint density at radius 3 is 1.95 bits per heavy atom. The van der Waals surface area contributed by atoms with Crippen molar-refractivity contribution in [2.45, 2.75) is 136 Å². The Balaban J connectivity index is 2.41. The molecule has 1 fully saturated rings. The number of carbonyl (C=O) groups is 8. The van der Waals surface area contributed by atoms with Crippen LogP contribution >= 0.6 is 0 Å². The van der Waals surface area contributed by atoms with Crippen LogP contribution in [0.5, 0.6) is 0 Å². The first-order valence-corrected chi connectivity index (χ1v) is 20.5. The van der Waals surface area contributed by atoms with Crippen LogP contribution in [-0.2, 0) is 49.5 Å². The molecule has 1 heterocycles. The van der Waals surface area contributed by atoms with Crippen molar-refractivity contribution in [1.29, 1.82) is 0 Å². The second-order valence-corrected chi connectivity index (χ2v) is 16.1. The second-order valence-electron chi connectivity index (χ2n) is 16.1. The van der Waals surface area contributed by atoms with Gasteiger partial charge in [0.2, 0.25) is 41.4 Å². The van der Waals surface area contributed by atoms with Crippen LogP contribution in [0.25, 0.3) is 0 Å². The number of benzene rings is 1. The summed E-state index contributed by atoms with van der Waals surface area (Å²) in [5.41, 5.74) is 6.21. The van der Waals surface area contributed by atoms with Crippen molar-refractivity contribution in [2.24, 2.45) is 23.5 Å². The van der Waals surface area contributed by atoms with Crippen LogP contribution in [0.4, 0.5) is 0 Å². The molecule has 0 aliphatic carbocycles. The number of ether oxygens (including phenoxy) is 1. The quantitative estimate of drug-likeness (QED) is 0.0551. The molecule has 0 saturated carbocycles. The first-order chi connectivity index (χ1) is 28.2. The van der Waals surface area contributed by atoms with Gasteiger partial charge in [0.05, 0.1) is 32.2 Å². The van der Waals surface area contributed by atoms with Crippen molar-refractivity contribution in [3.63, 3.8) is 0 Å². The molecule has 336 valence electrons. The predicted octanol–water partition coefficient (Wildman–Crippen LogP) is -1.27. The highest BCUT2D eigenvalue weighted by atomic mass is 16.5. The molecule has 0 unspecified atom stereocenters. The van der Waals surface area contributed by atoms with Gasteiger partial charge in [0, 0.05) is 13.5 Å². The van der Waals surface area contributed by atoms with E-state index >= 15 is 0 Å². The molecule has 0 spiro atoms. The van der Waals surface area contributed by atoms with Gasteiger partial charge in [0.1, 0.15) is 36.4 Å². The summed E-state index contributed by atoms with van der Waals surface area (Å²) in [6, 6.07) is 0.668. The minimum absolute atomic E-state index is 0.0512. The standard InChI is InChI=1S/C41H66N8O11/c1-9-24(6)34(39(57)47-33(23(4)5)41(59)60-8)48-38(56)31-16-13-17-49(31)40(58)29(19-26-14-11-10-12-15-26)46-36(54)28(20-32(42)52)45-35(53)27(18-22(2)3)44-37(55)30(21-50)43-25(7)51/h10-12,14-15,22-24,27-31,33-34,40,50,58H,9,13,16-21H2,1-8H3,(H2,42,52)(H,43,51)(H,44,55)(H,45,53)(H,46,54)(H,47,57)(H,48,56)/t24-,27-,28-,29-,30-,31-,33-,34-,40-/m0/s1. The molecule has 1 aliphatic heterocycles. The number of hydrogen-bond acceptors (Lipinski definition) is 12. The summed E-state index contributed by atoms with van der Waals surface area (Å²) in [5.74, 6) is -6.65. The summed E-state index contributed by atoms with van der Waals surface area (Å²) in [5, 5.41) is 37.2. The highest BCUT2D eigenvalue weighted by Gasteiger charge is 2.41. The molecular formula is C41H66N8O11. The number of esters is 1. The summed E-state index contributed by atoms with van der Waals surface area (Å²) in [6.07, 6.45) is -0.702. The molecule has 1 saturated heterocycles. The maximum absolute atomic E-state index is 14.0. The van der Waals surface area contributed by atoms with Gasteiger partial charge in [0.15, 0.2) is 0 Å². The topological polar surface area (TPSA) is 288 Å². The summed E-state index contributed by atoms with van der Waals surface area (Å²) in [7, 11) is 1.22. The van der Waals surface area contributed by atoms with Crippen molar-refractivity contribution in [1.82, 2.24) is 36.8 Å². The zero-order chi connectivity index (χ0) is 45.3. The molecule has 60 heavy (non-hydrogen) atoms. The number of rotatable bonds is 24. The number of nitrogens with one attached hydrogen (secondary N) is 6. The Hall–Kier alpha value is -5.14. The van der Waals surface area contributed by atoms with Gasteiger partial charge in [-0.15, -0.1) is 0 Å². The van der Waals surface area contributed by atoms with Gasteiger partial charge >= 0.3 is 5.97 Å². The summed E-state index contributed by atoms with van der Waals surface area (Å²) in [6.45, 7) is 11.4. The minimum atomic E-state index is -1.57. The Labute approximate surface area is 352 Å². The van der Waals surface area contributed by atoms with E-state index in [4.69, 9.17) is 10.5 Å². The number of amides is 7. The van der Waals surface area contributed by atoms with Gasteiger partial charge in [0.25, 0.3) is 0 Å². The van der Waals surface area contributed by atoms with Gasteiger partial charge in [-0.2, -0.15) is 0 Å². The van der Waals surface area contributed by atoms with Crippen LogP contribution in [0, 0.1) is 17.8 Å². The van der Waals surface area contributed by atoms with Crippen LogP contribution in [-0.4, -0.2) is 131 Å². The smallest absolute Gasteiger partial charge is 0.328 e. The van der Waals surface area contributed by atoms with Crippen molar-refractivity contribution < 1.29 is 53.3 Å². The average molecular weight is 847 g/mol.